The third-order valence-corrected chi connectivity index (χ3v) is 4.49. The molecule has 0 spiro atoms. The Bertz CT molecular complexity index is 326. The van der Waals surface area contributed by atoms with Crippen molar-refractivity contribution in [2.45, 2.75) is 25.3 Å². The normalized spacial score (nSPS) is 20.3. The standard InChI is InChI=1S/C11H16BrNOS/c1-14-6-5-13-9-3-2-4-10-8(9)7-11(12)15-10/h7,9,13H,2-6H2,1H3. The molecule has 4 heteroatoms. The van der Waals surface area contributed by atoms with Crippen LogP contribution in [0.15, 0.2) is 9.85 Å². The fourth-order valence-electron chi connectivity index (χ4n) is 2.07. The Labute approximate surface area is 103 Å². The molecule has 0 radical (unpaired) electrons. The number of rotatable bonds is 4. The van der Waals surface area contributed by atoms with Crippen molar-refractivity contribution in [1.82, 2.24) is 5.32 Å². The van der Waals surface area contributed by atoms with E-state index >= 15 is 0 Å². The van der Waals surface area contributed by atoms with Crippen LogP contribution in [-0.2, 0) is 11.2 Å². The zero-order valence-corrected chi connectivity index (χ0v) is 11.3. The van der Waals surface area contributed by atoms with Crippen molar-refractivity contribution in [3.63, 3.8) is 0 Å². The van der Waals surface area contributed by atoms with Crippen LogP contribution in [0.3, 0.4) is 0 Å². The lowest BCUT2D eigenvalue weighted by molar-refractivity contribution is 0.194. The maximum absolute atomic E-state index is 5.06. The average Bonchev–Trinajstić information content (AvgIpc) is 2.59. The second-order valence-corrected chi connectivity index (χ2v) is 6.34. The summed E-state index contributed by atoms with van der Waals surface area (Å²) in [5, 5.41) is 3.55. The number of thiophene rings is 1. The number of halogens is 1. The smallest absolute Gasteiger partial charge is 0.0704 e. The van der Waals surface area contributed by atoms with Crippen molar-refractivity contribution < 1.29 is 4.74 Å². The van der Waals surface area contributed by atoms with E-state index in [1.54, 1.807) is 12.0 Å². The minimum Gasteiger partial charge on any atom is -0.383 e. The van der Waals surface area contributed by atoms with Crippen molar-refractivity contribution in [2.75, 3.05) is 20.3 Å². The average molecular weight is 290 g/mol. The second-order valence-electron chi connectivity index (χ2n) is 3.82. The van der Waals surface area contributed by atoms with E-state index in [4.69, 9.17) is 4.74 Å². The van der Waals surface area contributed by atoms with E-state index in [2.05, 4.69) is 27.3 Å². The summed E-state index contributed by atoms with van der Waals surface area (Å²) in [6, 6.07) is 2.80. The van der Waals surface area contributed by atoms with Gasteiger partial charge in [0, 0.05) is 24.6 Å². The lowest BCUT2D eigenvalue weighted by atomic mass is 9.94. The van der Waals surface area contributed by atoms with E-state index in [1.807, 2.05) is 11.3 Å². The van der Waals surface area contributed by atoms with Gasteiger partial charge in [0.05, 0.1) is 10.4 Å². The quantitative estimate of drug-likeness (QED) is 0.860. The minimum absolute atomic E-state index is 0.534. The van der Waals surface area contributed by atoms with Crippen molar-refractivity contribution in [3.05, 3.63) is 20.3 Å². The molecule has 1 aliphatic carbocycles. The molecule has 0 fully saturated rings. The molecular weight excluding hydrogens is 274 g/mol. The number of aryl methyl sites for hydroxylation is 1. The maximum Gasteiger partial charge on any atom is 0.0704 e. The van der Waals surface area contributed by atoms with E-state index in [0.717, 1.165) is 13.2 Å². The van der Waals surface area contributed by atoms with E-state index in [9.17, 15) is 0 Å². The van der Waals surface area contributed by atoms with Crippen LogP contribution in [0.4, 0.5) is 0 Å². The van der Waals surface area contributed by atoms with Crippen LogP contribution in [0.25, 0.3) is 0 Å². The number of hydrogen-bond acceptors (Lipinski definition) is 3. The molecule has 2 nitrogen and oxygen atoms in total. The maximum atomic E-state index is 5.06. The number of ether oxygens (including phenoxy) is 1. The molecule has 2 rings (SSSR count). The van der Waals surface area contributed by atoms with Crippen LogP contribution >= 0.6 is 27.3 Å². The lowest BCUT2D eigenvalue weighted by Gasteiger charge is -2.23. The second kappa shape index (κ2) is 5.43. The number of nitrogens with one attached hydrogen (secondary N) is 1. The number of hydrogen-bond donors (Lipinski definition) is 1. The fourth-order valence-corrected chi connectivity index (χ4v) is 3.89. The van der Waals surface area contributed by atoms with Crippen LogP contribution in [0, 0.1) is 0 Å². The molecule has 0 aromatic carbocycles. The third kappa shape index (κ3) is 2.81. The lowest BCUT2D eigenvalue weighted by Crippen LogP contribution is -2.27. The third-order valence-electron chi connectivity index (χ3n) is 2.78. The van der Waals surface area contributed by atoms with Gasteiger partial charge in [-0.3, -0.25) is 0 Å². The number of methoxy groups -OCH3 is 1. The summed E-state index contributed by atoms with van der Waals surface area (Å²) < 4.78 is 6.31. The molecule has 1 unspecified atom stereocenters. The number of fused-ring (bicyclic) bond motifs is 1. The molecule has 84 valence electrons. The first-order valence-electron chi connectivity index (χ1n) is 5.31. The van der Waals surface area contributed by atoms with Crippen molar-refractivity contribution in [1.29, 1.82) is 0 Å². The molecule has 1 aliphatic rings. The van der Waals surface area contributed by atoms with Crippen molar-refractivity contribution in [2.24, 2.45) is 0 Å². The van der Waals surface area contributed by atoms with E-state index < -0.39 is 0 Å². The highest BCUT2D eigenvalue weighted by atomic mass is 79.9. The first-order chi connectivity index (χ1) is 7.31. The molecule has 1 N–H and O–H groups in total. The molecule has 15 heavy (non-hydrogen) atoms. The minimum atomic E-state index is 0.534. The molecule has 0 bridgehead atoms. The summed E-state index contributed by atoms with van der Waals surface area (Å²) in [6.07, 6.45) is 3.79. The van der Waals surface area contributed by atoms with E-state index in [1.165, 1.54) is 28.6 Å². The molecule has 0 saturated carbocycles. The van der Waals surface area contributed by atoms with Crippen molar-refractivity contribution >= 4 is 27.3 Å². The predicted octanol–water partition coefficient (Wildman–Crippen LogP) is 3.12. The Morgan fingerprint density at radius 3 is 3.33 bits per heavy atom. The largest absolute Gasteiger partial charge is 0.383 e. The Hall–Kier alpha value is 0.100. The van der Waals surface area contributed by atoms with Gasteiger partial charge in [-0.05, 0) is 46.8 Å². The summed E-state index contributed by atoms with van der Waals surface area (Å²) in [5.41, 5.74) is 1.49. The molecule has 1 atom stereocenters. The van der Waals surface area contributed by atoms with Crippen LogP contribution in [0.5, 0.6) is 0 Å². The van der Waals surface area contributed by atoms with Gasteiger partial charge >= 0.3 is 0 Å². The fraction of sp³-hybridized carbons (Fsp3) is 0.636. The van der Waals surface area contributed by atoms with Crippen LogP contribution < -0.4 is 5.32 Å². The summed E-state index contributed by atoms with van der Waals surface area (Å²) in [6.45, 7) is 1.73. The molecular formula is C11H16BrNOS. The van der Waals surface area contributed by atoms with Gasteiger partial charge in [0.15, 0.2) is 0 Å². The van der Waals surface area contributed by atoms with Gasteiger partial charge in [-0.2, -0.15) is 0 Å². The molecule has 1 aromatic rings. The highest BCUT2D eigenvalue weighted by Gasteiger charge is 2.21. The first-order valence-corrected chi connectivity index (χ1v) is 6.92. The molecule has 0 aliphatic heterocycles. The van der Waals surface area contributed by atoms with Gasteiger partial charge in [0.2, 0.25) is 0 Å². The van der Waals surface area contributed by atoms with Gasteiger partial charge in [-0.15, -0.1) is 11.3 Å². The molecule has 0 amide bonds. The predicted molar refractivity (Wildman–Crippen MR) is 67.6 cm³/mol. The Balaban J connectivity index is 2.01. The van der Waals surface area contributed by atoms with Gasteiger partial charge < -0.3 is 10.1 Å². The topological polar surface area (TPSA) is 21.3 Å². The van der Waals surface area contributed by atoms with Gasteiger partial charge in [0.25, 0.3) is 0 Å². The molecule has 1 heterocycles. The SMILES string of the molecule is COCCNC1CCCc2sc(Br)cc21. The van der Waals surface area contributed by atoms with Gasteiger partial charge in [-0.1, -0.05) is 0 Å². The zero-order chi connectivity index (χ0) is 10.7. The van der Waals surface area contributed by atoms with Crippen LogP contribution in [-0.4, -0.2) is 20.3 Å². The molecule has 1 aromatic heterocycles. The van der Waals surface area contributed by atoms with Crippen LogP contribution in [0.1, 0.15) is 29.3 Å². The van der Waals surface area contributed by atoms with Gasteiger partial charge in [-0.25, -0.2) is 0 Å². The van der Waals surface area contributed by atoms with Gasteiger partial charge in [0.1, 0.15) is 0 Å². The van der Waals surface area contributed by atoms with Crippen molar-refractivity contribution in [3.8, 4) is 0 Å². The Morgan fingerprint density at radius 2 is 2.53 bits per heavy atom. The highest BCUT2D eigenvalue weighted by Crippen LogP contribution is 2.37. The van der Waals surface area contributed by atoms with E-state index in [-0.39, 0.29) is 0 Å². The van der Waals surface area contributed by atoms with Crippen LogP contribution in [0.2, 0.25) is 0 Å². The summed E-state index contributed by atoms with van der Waals surface area (Å²) >= 11 is 5.45. The Kier molecular flexibility index (Phi) is 4.20. The zero-order valence-electron chi connectivity index (χ0n) is 8.88. The Morgan fingerprint density at radius 1 is 1.67 bits per heavy atom. The highest BCUT2D eigenvalue weighted by molar-refractivity contribution is 9.11. The van der Waals surface area contributed by atoms with E-state index in [0.29, 0.717) is 6.04 Å². The monoisotopic (exact) mass is 289 g/mol. The summed E-state index contributed by atoms with van der Waals surface area (Å²) in [4.78, 5) is 1.54. The molecule has 0 saturated heterocycles. The summed E-state index contributed by atoms with van der Waals surface area (Å²) in [7, 11) is 1.75. The summed E-state index contributed by atoms with van der Waals surface area (Å²) in [5.74, 6) is 0. The first kappa shape index (κ1) is 11.6.